The second-order valence-corrected chi connectivity index (χ2v) is 5.88. The van der Waals surface area contributed by atoms with Crippen molar-refractivity contribution in [1.29, 1.82) is 0 Å². The third-order valence-corrected chi connectivity index (χ3v) is 3.68. The Kier molecular flexibility index (Phi) is 4.24. The zero-order valence-electron chi connectivity index (χ0n) is 13.5. The van der Waals surface area contributed by atoms with Gasteiger partial charge in [-0.25, -0.2) is 4.98 Å². The van der Waals surface area contributed by atoms with Crippen LogP contribution in [0.2, 0.25) is 0 Å². The minimum absolute atomic E-state index is 0.0580. The Morgan fingerprint density at radius 3 is 2.48 bits per heavy atom. The number of pyridine rings is 1. The molecular weight excluding hydrogens is 333 g/mol. The second kappa shape index (κ2) is 6.23. The number of halogens is 3. The first-order valence-corrected chi connectivity index (χ1v) is 7.63. The summed E-state index contributed by atoms with van der Waals surface area (Å²) in [5, 5.41) is 2.96. The standard InChI is InChI=1S/C18H15F3N2O2/c1-10(2)17(24)23-14-8-7-11(9-22-14)15-12-5-3-4-6-13(12)25-16(15)18(19,20)21/h3-10H,1-2H3,(H,22,23,24). The first-order chi connectivity index (χ1) is 11.8. The Morgan fingerprint density at radius 1 is 1.16 bits per heavy atom. The summed E-state index contributed by atoms with van der Waals surface area (Å²) in [5.41, 5.74) is 0.360. The van der Waals surface area contributed by atoms with E-state index in [4.69, 9.17) is 4.42 Å². The van der Waals surface area contributed by atoms with Crippen molar-refractivity contribution in [3.63, 3.8) is 0 Å². The molecule has 0 saturated carbocycles. The number of alkyl halides is 3. The monoisotopic (exact) mass is 348 g/mol. The first-order valence-electron chi connectivity index (χ1n) is 7.63. The summed E-state index contributed by atoms with van der Waals surface area (Å²) in [6, 6.07) is 9.26. The van der Waals surface area contributed by atoms with Gasteiger partial charge in [-0.15, -0.1) is 0 Å². The highest BCUT2D eigenvalue weighted by atomic mass is 19.4. The Morgan fingerprint density at radius 2 is 1.88 bits per heavy atom. The average molecular weight is 348 g/mol. The van der Waals surface area contributed by atoms with E-state index < -0.39 is 11.9 Å². The number of carbonyl (C=O) groups is 1. The Balaban J connectivity index is 2.06. The summed E-state index contributed by atoms with van der Waals surface area (Å²) in [5.74, 6) is -1.22. The van der Waals surface area contributed by atoms with E-state index in [1.807, 2.05) is 0 Å². The molecule has 1 amide bonds. The molecule has 0 aliphatic carbocycles. The lowest BCUT2D eigenvalue weighted by molar-refractivity contribution is -0.151. The van der Waals surface area contributed by atoms with E-state index in [2.05, 4.69) is 10.3 Å². The molecule has 4 nitrogen and oxygen atoms in total. The topological polar surface area (TPSA) is 55.1 Å². The van der Waals surface area contributed by atoms with Crippen molar-refractivity contribution in [3.8, 4) is 11.1 Å². The number of hydrogen-bond donors (Lipinski definition) is 1. The predicted molar refractivity (Wildman–Crippen MR) is 87.9 cm³/mol. The molecule has 0 atom stereocenters. The molecule has 1 N–H and O–H groups in total. The van der Waals surface area contributed by atoms with E-state index >= 15 is 0 Å². The summed E-state index contributed by atoms with van der Waals surface area (Å²) in [6.45, 7) is 3.47. The molecule has 0 saturated heterocycles. The van der Waals surface area contributed by atoms with Crippen molar-refractivity contribution in [1.82, 2.24) is 4.98 Å². The average Bonchev–Trinajstić information content (AvgIpc) is 2.95. The number of furan rings is 1. The highest BCUT2D eigenvalue weighted by Gasteiger charge is 2.39. The van der Waals surface area contributed by atoms with E-state index in [1.165, 1.54) is 24.4 Å². The highest BCUT2D eigenvalue weighted by Crippen LogP contribution is 2.43. The predicted octanol–water partition coefficient (Wildman–Crippen LogP) is 5.11. The number of fused-ring (bicyclic) bond motifs is 1. The van der Waals surface area contributed by atoms with Gasteiger partial charge in [-0.1, -0.05) is 32.0 Å². The van der Waals surface area contributed by atoms with Crippen LogP contribution < -0.4 is 5.32 Å². The zero-order valence-corrected chi connectivity index (χ0v) is 13.5. The number of aromatic nitrogens is 1. The molecule has 0 radical (unpaired) electrons. The minimum atomic E-state index is -4.63. The molecule has 0 aliphatic heterocycles. The van der Waals surface area contributed by atoms with E-state index in [9.17, 15) is 18.0 Å². The highest BCUT2D eigenvalue weighted by molar-refractivity contribution is 5.96. The number of anilines is 1. The molecule has 25 heavy (non-hydrogen) atoms. The smallest absolute Gasteiger partial charge is 0.450 e. The number of rotatable bonds is 3. The number of para-hydroxylation sites is 1. The van der Waals surface area contributed by atoms with Gasteiger partial charge in [0, 0.05) is 28.6 Å². The zero-order chi connectivity index (χ0) is 18.2. The van der Waals surface area contributed by atoms with Crippen molar-refractivity contribution in [2.75, 3.05) is 5.32 Å². The van der Waals surface area contributed by atoms with Crippen LogP contribution in [0.1, 0.15) is 19.6 Å². The van der Waals surface area contributed by atoms with Gasteiger partial charge in [-0.05, 0) is 18.2 Å². The largest absolute Gasteiger partial charge is 0.451 e. The molecule has 130 valence electrons. The summed E-state index contributed by atoms with van der Waals surface area (Å²) in [4.78, 5) is 15.7. The Labute approximate surface area is 141 Å². The van der Waals surface area contributed by atoms with Crippen LogP contribution in [-0.4, -0.2) is 10.9 Å². The van der Waals surface area contributed by atoms with E-state index in [-0.39, 0.29) is 34.4 Å². The fourth-order valence-corrected chi connectivity index (χ4v) is 2.42. The van der Waals surface area contributed by atoms with Crippen molar-refractivity contribution < 1.29 is 22.4 Å². The molecule has 0 spiro atoms. The maximum atomic E-state index is 13.3. The lowest BCUT2D eigenvalue weighted by atomic mass is 10.0. The van der Waals surface area contributed by atoms with Gasteiger partial charge in [0.1, 0.15) is 11.4 Å². The normalized spacial score (nSPS) is 11.9. The molecule has 3 aromatic rings. The van der Waals surface area contributed by atoms with Crippen molar-refractivity contribution in [3.05, 3.63) is 48.4 Å². The summed E-state index contributed by atoms with van der Waals surface area (Å²) in [6.07, 6.45) is -3.33. The molecule has 1 aromatic carbocycles. The van der Waals surface area contributed by atoms with Gasteiger partial charge >= 0.3 is 6.18 Å². The quantitative estimate of drug-likeness (QED) is 0.716. The maximum absolute atomic E-state index is 13.3. The third kappa shape index (κ3) is 3.35. The minimum Gasteiger partial charge on any atom is -0.451 e. The van der Waals surface area contributed by atoms with E-state index in [0.717, 1.165) is 0 Å². The number of nitrogens with one attached hydrogen (secondary N) is 1. The van der Waals surface area contributed by atoms with Crippen LogP contribution in [0.4, 0.5) is 19.0 Å². The van der Waals surface area contributed by atoms with Gasteiger partial charge in [-0.2, -0.15) is 13.2 Å². The van der Waals surface area contributed by atoms with Crippen molar-refractivity contribution >= 4 is 22.7 Å². The molecule has 2 aromatic heterocycles. The van der Waals surface area contributed by atoms with Gasteiger partial charge in [0.25, 0.3) is 0 Å². The Hall–Kier alpha value is -2.83. The molecule has 0 unspecified atom stereocenters. The number of amides is 1. The fourth-order valence-electron chi connectivity index (χ4n) is 2.42. The van der Waals surface area contributed by atoms with Gasteiger partial charge < -0.3 is 9.73 Å². The summed E-state index contributed by atoms with van der Waals surface area (Å²) >= 11 is 0. The molecule has 0 fully saturated rings. The SMILES string of the molecule is CC(C)C(=O)Nc1ccc(-c2c(C(F)(F)F)oc3ccccc23)cn1. The number of benzene rings is 1. The fraction of sp³-hybridized carbons (Fsp3) is 0.222. The van der Waals surface area contributed by atoms with Gasteiger partial charge in [-0.3, -0.25) is 4.79 Å². The van der Waals surface area contributed by atoms with Gasteiger partial charge in [0.2, 0.25) is 11.7 Å². The lowest BCUT2D eigenvalue weighted by Gasteiger charge is -2.09. The van der Waals surface area contributed by atoms with Gasteiger partial charge in [0.15, 0.2) is 0 Å². The third-order valence-electron chi connectivity index (χ3n) is 3.68. The van der Waals surface area contributed by atoms with Gasteiger partial charge in [0.05, 0.1) is 0 Å². The Bertz CT molecular complexity index is 912. The van der Waals surface area contributed by atoms with Crippen LogP contribution in [0, 0.1) is 5.92 Å². The van der Waals surface area contributed by atoms with Crippen LogP contribution >= 0.6 is 0 Å². The summed E-state index contributed by atoms with van der Waals surface area (Å²) < 4.78 is 45.0. The second-order valence-electron chi connectivity index (χ2n) is 5.88. The molecule has 7 heteroatoms. The molecule has 2 heterocycles. The van der Waals surface area contributed by atoms with Crippen LogP contribution in [-0.2, 0) is 11.0 Å². The lowest BCUT2D eigenvalue weighted by Crippen LogP contribution is -2.18. The maximum Gasteiger partial charge on any atom is 0.450 e. The van der Waals surface area contributed by atoms with E-state index in [0.29, 0.717) is 5.39 Å². The van der Waals surface area contributed by atoms with Crippen LogP contribution in [0.15, 0.2) is 47.0 Å². The van der Waals surface area contributed by atoms with Crippen molar-refractivity contribution in [2.45, 2.75) is 20.0 Å². The number of carbonyl (C=O) groups excluding carboxylic acids is 1. The van der Waals surface area contributed by atoms with Crippen LogP contribution in [0.3, 0.4) is 0 Å². The molecule has 0 aliphatic rings. The van der Waals surface area contributed by atoms with E-state index in [1.54, 1.807) is 32.0 Å². The van der Waals surface area contributed by atoms with Crippen molar-refractivity contribution in [2.24, 2.45) is 5.92 Å². The van der Waals surface area contributed by atoms with Crippen LogP contribution in [0.25, 0.3) is 22.1 Å². The first kappa shape index (κ1) is 17.0. The molecular formula is C18H15F3N2O2. The molecule has 0 bridgehead atoms. The number of hydrogen-bond acceptors (Lipinski definition) is 3. The summed E-state index contributed by atoms with van der Waals surface area (Å²) in [7, 11) is 0. The van der Waals surface area contributed by atoms with Crippen LogP contribution in [0.5, 0.6) is 0 Å². The number of nitrogens with zero attached hydrogens (tertiary/aromatic N) is 1. The molecule has 3 rings (SSSR count).